The summed E-state index contributed by atoms with van der Waals surface area (Å²) >= 11 is 0. The van der Waals surface area contributed by atoms with Gasteiger partial charge in [-0.15, -0.1) is 0 Å². The number of pyridine rings is 1. The van der Waals surface area contributed by atoms with E-state index in [0.29, 0.717) is 11.4 Å². The van der Waals surface area contributed by atoms with Crippen LogP contribution in [-0.4, -0.2) is 10.8 Å². The number of aromatic nitrogens is 1. The molecule has 0 radical (unpaired) electrons. The number of carbonyl (C=O) groups is 1. The summed E-state index contributed by atoms with van der Waals surface area (Å²) in [5, 5.41) is 8.79. The van der Waals surface area contributed by atoms with Crippen LogP contribution in [0.5, 0.6) is 0 Å². The molecule has 0 unspecified atom stereocenters. The van der Waals surface area contributed by atoms with Crippen LogP contribution in [-0.2, 0) is 5.41 Å². The monoisotopic (exact) mass is 214 g/mol. The van der Waals surface area contributed by atoms with E-state index in [1.807, 2.05) is 39.8 Å². The van der Waals surface area contributed by atoms with Gasteiger partial charge >= 0.3 is 0 Å². The predicted octanol–water partition coefficient (Wildman–Crippen LogP) is 2.45. The van der Waals surface area contributed by atoms with Crippen molar-refractivity contribution >= 4 is 5.78 Å². The maximum absolute atomic E-state index is 12.2. The number of Topliss-reactive ketones (excluding diaryl/α,β-unsaturated/α-hetero) is 1. The summed E-state index contributed by atoms with van der Waals surface area (Å²) in [7, 11) is 0. The number of hydrogen-bond donors (Lipinski definition) is 0. The van der Waals surface area contributed by atoms with Crippen LogP contribution < -0.4 is 0 Å². The van der Waals surface area contributed by atoms with Crippen molar-refractivity contribution in [1.82, 2.24) is 4.98 Å². The Morgan fingerprint density at radius 2 is 1.81 bits per heavy atom. The fourth-order valence-corrected chi connectivity index (χ4v) is 2.12. The first-order chi connectivity index (χ1) is 7.32. The van der Waals surface area contributed by atoms with Crippen LogP contribution in [0.4, 0.5) is 0 Å². The maximum Gasteiger partial charge on any atom is 0.187 e. The number of hydrogen-bond acceptors (Lipinski definition) is 3. The minimum absolute atomic E-state index is 0.0320. The molecule has 0 bridgehead atoms. The van der Waals surface area contributed by atoms with E-state index in [1.54, 1.807) is 6.07 Å². The molecule has 1 heterocycles. The Kier molecular flexibility index (Phi) is 1.97. The first kappa shape index (κ1) is 10.8. The van der Waals surface area contributed by atoms with Crippen LogP contribution in [0.2, 0.25) is 0 Å². The molecule has 0 N–H and O–H groups in total. The molecule has 16 heavy (non-hydrogen) atoms. The molecule has 0 aromatic carbocycles. The molecule has 3 nitrogen and oxygen atoms in total. The third-order valence-electron chi connectivity index (χ3n) is 4.03. The van der Waals surface area contributed by atoms with E-state index < -0.39 is 5.41 Å². The number of fused-ring (bicyclic) bond motifs is 1. The Morgan fingerprint density at radius 3 is 2.38 bits per heavy atom. The molecular weight excluding hydrogens is 200 g/mol. The molecule has 0 amide bonds. The first-order valence-electron chi connectivity index (χ1n) is 5.29. The lowest BCUT2D eigenvalue weighted by molar-refractivity contribution is 0.0775. The fraction of sp³-hybridized carbons (Fsp3) is 0.462. The first-order valence-corrected chi connectivity index (χ1v) is 5.29. The second kappa shape index (κ2) is 2.91. The van der Waals surface area contributed by atoms with Crippen molar-refractivity contribution < 1.29 is 4.79 Å². The molecule has 1 aromatic heterocycles. The van der Waals surface area contributed by atoms with Gasteiger partial charge < -0.3 is 0 Å². The van der Waals surface area contributed by atoms with Gasteiger partial charge in [0.25, 0.3) is 0 Å². The second-order valence-electron chi connectivity index (χ2n) is 5.28. The van der Waals surface area contributed by atoms with Gasteiger partial charge in [-0.2, -0.15) is 5.26 Å². The average molecular weight is 214 g/mol. The Hall–Kier alpha value is -1.69. The number of rotatable bonds is 0. The summed E-state index contributed by atoms with van der Waals surface area (Å²) < 4.78 is 0. The van der Waals surface area contributed by atoms with E-state index in [-0.39, 0.29) is 11.2 Å². The highest BCUT2D eigenvalue weighted by Crippen LogP contribution is 2.50. The highest BCUT2D eigenvalue weighted by atomic mass is 16.1. The molecule has 2 rings (SSSR count). The van der Waals surface area contributed by atoms with Gasteiger partial charge in [0.2, 0.25) is 0 Å². The minimum atomic E-state index is -0.462. The summed E-state index contributed by atoms with van der Waals surface area (Å²) in [6.07, 6.45) is 0. The molecule has 1 aromatic rings. The summed E-state index contributed by atoms with van der Waals surface area (Å²) in [6.45, 7) is 7.96. The number of carbonyl (C=O) groups excluding carboxylic acids is 1. The van der Waals surface area contributed by atoms with Gasteiger partial charge in [0.05, 0.1) is 0 Å². The van der Waals surface area contributed by atoms with E-state index in [2.05, 4.69) is 4.98 Å². The predicted molar refractivity (Wildman–Crippen MR) is 60.1 cm³/mol. The lowest BCUT2D eigenvalue weighted by Crippen LogP contribution is -2.35. The molecule has 0 saturated carbocycles. The van der Waals surface area contributed by atoms with Crippen LogP contribution in [0.3, 0.4) is 0 Å². The highest BCUT2D eigenvalue weighted by molar-refractivity contribution is 6.04. The Balaban J connectivity index is 2.74. The molecule has 3 heteroatoms. The van der Waals surface area contributed by atoms with E-state index in [9.17, 15) is 4.79 Å². The number of nitrogens with zero attached hydrogens (tertiary/aromatic N) is 2. The van der Waals surface area contributed by atoms with E-state index in [0.717, 1.165) is 5.56 Å². The Labute approximate surface area is 95.1 Å². The smallest absolute Gasteiger partial charge is 0.187 e. The number of nitriles is 1. The van der Waals surface area contributed by atoms with Crippen LogP contribution in [0.25, 0.3) is 0 Å². The third kappa shape index (κ3) is 1.07. The fourth-order valence-electron chi connectivity index (χ4n) is 2.12. The van der Waals surface area contributed by atoms with Crippen LogP contribution in [0.1, 0.15) is 49.4 Å². The lowest BCUT2D eigenvalue weighted by Gasteiger charge is -2.33. The van der Waals surface area contributed by atoms with Gasteiger partial charge in [0.15, 0.2) is 5.78 Å². The van der Waals surface area contributed by atoms with Crippen molar-refractivity contribution in [2.75, 3.05) is 0 Å². The molecule has 1 aliphatic carbocycles. The van der Waals surface area contributed by atoms with Crippen LogP contribution in [0.15, 0.2) is 12.1 Å². The zero-order valence-electron chi connectivity index (χ0n) is 9.96. The van der Waals surface area contributed by atoms with E-state index in [1.165, 1.54) is 0 Å². The summed E-state index contributed by atoms with van der Waals surface area (Å²) in [5.74, 6) is 0.0320. The van der Waals surface area contributed by atoms with Crippen molar-refractivity contribution in [2.45, 2.75) is 33.1 Å². The molecular formula is C13H14N2O. The molecule has 82 valence electrons. The van der Waals surface area contributed by atoms with E-state index in [4.69, 9.17) is 5.26 Å². The zero-order chi connectivity index (χ0) is 12.1. The summed E-state index contributed by atoms with van der Waals surface area (Å²) in [6, 6.07) is 5.50. The Morgan fingerprint density at radius 1 is 1.19 bits per heavy atom. The van der Waals surface area contributed by atoms with Gasteiger partial charge in [-0.3, -0.25) is 4.79 Å². The van der Waals surface area contributed by atoms with Crippen molar-refractivity contribution in [3.63, 3.8) is 0 Å². The van der Waals surface area contributed by atoms with Crippen molar-refractivity contribution in [3.05, 3.63) is 29.1 Å². The van der Waals surface area contributed by atoms with Crippen LogP contribution in [0, 0.1) is 16.7 Å². The molecule has 1 aliphatic rings. The maximum atomic E-state index is 12.2. The van der Waals surface area contributed by atoms with Gasteiger partial charge in [0.1, 0.15) is 17.5 Å². The lowest BCUT2D eigenvalue weighted by atomic mass is 9.68. The highest BCUT2D eigenvalue weighted by Gasteiger charge is 2.52. The SMILES string of the molecule is CC1(C)C(=O)c2nc(C#N)ccc2C1(C)C. The topological polar surface area (TPSA) is 53.8 Å². The van der Waals surface area contributed by atoms with Crippen LogP contribution >= 0.6 is 0 Å². The largest absolute Gasteiger partial charge is 0.292 e. The summed E-state index contributed by atoms with van der Waals surface area (Å²) in [5.41, 5.74) is 1.02. The van der Waals surface area contributed by atoms with E-state index >= 15 is 0 Å². The van der Waals surface area contributed by atoms with Crippen molar-refractivity contribution in [2.24, 2.45) is 5.41 Å². The average Bonchev–Trinajstić information content (AvgIpc) is 2.38. The minimum Gasteiger partial charge on any atom is -0.292 e. The van der Waals surface area contributed by atoms with Gasteiger partial charge in [-0.25, -0.2) is 4.98 Å². The normalized spacial score (nSPS) is 20.3. The number of ketones is 1. The molecule has 0 saturated heterocycles. The van der Waals surface area contributed by atoms with Crippen molar-refractivity contribution in [3.8, 4) is 6.07 Å². The standard InChI is InChI=1S/C13H14N2O/c1-12(2)9-6-5-8(7-14)15-10(9)11(16)13(12,3)4/h5-6H,1-4H3. The molecule has 0 fully saturated rings. The Bertz CT molecular complexity index is 521. The quantitative estimate of drug-likeness (QED) is 0.666. The molecule has 0 atom stereocenters. The van der Waals surface area contributed by atoms with Gasteiger partial charge in [-0.1, -0.05) is 33.8 Å². The molecule has 0 aliphatic heterocycles. The third-order valence-corrected chi connectivity index (χ3v) is 4.03. The zero-order valence-corrected chi connectivity index (χ0v) is 9.96. The molecule has 0 spiro atoms. The second-order valence-corrected chi connectivity index (χ2v) is 5.28. The summed E-state index contributed by atoms with van der Waals surface area (Å²) in [4.78, 5) is 16.4. The van der Waals surface area contributed by atoms with Gasteiger partial charge in [-0.05, 0) is 11.6 Å². The van der Waals surface area contributed by atoms with Crippen molar-refractivity contribution in [1.29, 1.82) is 5.26 Å². The van der Waals surface area contributed by atoms with Gasteiger partial charge in [0, 0.05) is 10.8 Å².